The number of aryl methyl sites for hydroxylation is 2. The van der Waals surface area contributed by atoms with Crippen molar-refractivity contribution in [2.24, 2.45) is 0 Å². The smallest absolute Gasteiger partial charge is 0.234 e. The maximum Gasteiger partial charge on any atom is 0.256 e. The van der Waals surface area contributed by atoms with E-state index < -0.39 is 0 Å². The van der Waals surface area contributed by atoms with E-state index in [0.717, 1.165) is 6.42 Å². The molecule has 1 aromatic heterocycles. The summed E-state index contributed by atoms with van der Waals surface area (Å²) in [5.41, 5.74) is 0. The van der Waals surface area contributed by atoms with Crippen molar-refractivity contribution in [3.63, 3.8) is 0 Å². The Labute approximate surface area is 145 Å². The van der Waals surface area contributed by atoms with Crippen LogP contribution in [0.25, 0.3) is 0 Å². The Bertz CT molecular complexity index is 348. The van der Waals surface area contributed by atoms with Crippen LogP contribution in [0.5, 0.6) is 0 Å². The van der Waals surface area contributed by atoms with Gasteiger partial charge >= 0.3 is 0 Å². The molecule has 134 valence electrons. The molecule has 0 fully saturated rings. The first-order chi connectivity index (χ1) is 11.3. The van der Waals surface area contributed by atoms with Gasteiger partial charge in [0.2, 0.25) is 0 Å². The van der Waals surface area contributed by atoms with E-state index in [1.807, 2.05) is 0 Å². The predicted molar refractivity (Wildman–Crippen MR) is 101 cm³/mol. The molecule has 2 heteroatoms. The Kier molecular flexibility index (Phi) is 12.0. The van der Waals surface area contributed by atoms with E-state index in [1.54, 1.807) is 0 Å². The zero-order valence-electron chi connectivity index (χ0n) is 16.2. The van der Waals surface area contributed by atoms with Gasteiger partial charge in [-0.3, -0.25) is 0 Å². The molecule has 0 radical (unpaired) electrons. The van der Waals surface area contributed by atoms with Gasteiger partial charge in [0.1, 0.15) is 12.4 Å². The third-order valence-corrected chi connectivity index (χ3v) is 4.91. The third-order valence-electron chi connectivity index (χ3n) is 4.91. The van der Waals surface area contributed by atoms with E-state index in [4.69, 9.17) is 0 Å². The molecule has 0 saturated heterocycles. The normalized spacial score (nSPS) is 11.3. The molecule has 0 aromatic carbocycles. The number of imidazole rings is 1. The average molecular weight is 322 g/mol. The van der Waals surface area contributed by atoms with E-state index in [9.17, 15) is 0 Å². The van der Waals surface area contributed by atoms with Gasteiger partial charge in [-0.15, -0.1) is 0 Å². The maximum atomic E-state index is 2.50. The first-order valence-electron chi connectivity index (χ1n) is 10.4. The van der Waals surface area contributed by atoms with Gasteiger partial charge in [-0.05, 0) is 25.7 Å². The Balaban J connectivity index is 2.26. The van der Waals surface area contributed by atoms with Crippen molar-refractivity contribution in [1.82, 2.24) is 4.57 Å². The number of hydrogen-bond acceptors (Lipinski definition) is 0. The summed E-state index contributed by atoms with van der Waals surface area (Å²) in [6, 6.07) is 0. The molecular formula is C21H41N2+. The minimum absolute atomic E-state index is 1.15. The second-order valence-corrected chi connectivity index (χ2v) is 6.99. The van der Waals surface area contributed by atoms with Crippen molar-refractivity contribution in [1.29, 1.82) is 0 Å². The van der Waals surface area contributed by atoms with E-state index >= 15 is 0 Å². The molecule has 0 atom stereocenters. The maximum absolute atomic E-state index is 2.50. The summed E-state index contributed by atoms with van der Waals surface area (Å²) in [5, 5.41) is 0. The lowest BCUT2D eigenvalue weighted by Crippen LogP contribution is -2.37. The van der Waals surface area contributed by atoms with Crippen LogP contribution < -0.4 is 4.57 Å². The fraction of sp³-hybridized carbons (Fsp3) is 0.857. The van der Waals surface area contributed by atoms with Crippen molar-refractivity contribution < 1.29 is 4.57 Å². The van der Waals surface area contributed by atoms with Gasteiger partial charge in [-0.1, -0.05) is 72.1 Å². The van der Waals surface area contributed by atoms with Gasteiger partial charge in [-0.25, -0.2) is 9.13 Å². The molecule has 23 heavy (non-hydrogen) atoms. The molecular weight excluding hydrogens is 280 g/mol. The summed E-state index contributed by atoms with van der Waals surface area (Å²) in [5.74, 6) is 1.52. The van der Waals surface area contributed by atoms with Gasteiger partial charge in [0.25, 0.3) is 5.82 Å². The fourth-order valence-electron chi connectivity index (χ4n) is 3.44. The van der Waals surface area contributed by atoms with Gasteiger partial charge in [0.15, 0.2) is 0 Å². The largest absolute Gasteiger partial charge is 0.256 e. The van der Waals surface area contributed by atoms with E-state index in [1.165, 1.54) is 96.0 Å². The Hall–Kier alpha value is -0.790. The molecule has 0 aliphatic carbocycles. The third kappa shape index (κ3) is 8.58. The molecule has 0 bridgehead atoms. The van der Waals surface area contributed by atoms with Gasteiger partial charge in [0.05, 0.1) is 13.1 Å². The number of unbranched alkanes of at least 4 members (excludes halogenated alkanes) is 10. The number of rotatable bonds is 15. The lowest BCUT2D eigenvalue weighted by atomic mass is 10.1. The highest BCUT2D eigenvalue weighted by Gasteiger charge is 2.14. The molecule has 0 N–H and O–H groups in total. The van der Waals surface area contributed by atoms with Crippen LogP contribution in [0.3, 0.4) is 0 Å². The molecule has 1 aromatic rings. The van der Waals surface area contributed by atoms with Gasteiger partial charge in [0, 0.05) is 6.42 Å². The zero-order chi connectivity index (χ0) is 16.8. The summed E-state index contributed by atoms with van der Waals surface area (Å²) < 4.78 is 4.99. The van der Waals surface area contributed by atoms with Crippen molar-refractivity contribution >= 4 is 0 Å². The second kappa shape index (κ2) is 13.6. The SMILES string of the molecule is CCCCCCCCn1cc[n+](CCCCCCCC)c1CC. The molecule has 0 aliphatic heterocycles. The summed E-state index contributed by atoms with van der Waals surface area (Å²) in [6.07, 6.45) is 22.4. The minimum Gasteiger partial charge on any atom is -0.234 e. The average Bonchev–Trinajstić information content (AvgIpc) is 2.96. The molecule has 0 unspecified atom stereocenters. The summed E-state index contributed by atoms with van der Waals surface area (Å²) in [7, 11) is 0. The molecule has 1 heterocycles. The first kappa shape index (κ1) is 20.3. The molecule has 0 spiro atoms. The fourth-order valence-corrected chi connectivity index (χ4v) is 3.44. The Morgan fingerprint density at radius 2 is 1.30 bits per heavy atom. The summed E-state index contributed by atoms with van der Waals surface area (Å²) in [6.45, 7) is 9.29. The molecule has 0 saturated carbocycles. The van der Waals surface area contributed by atoms with Crippen molar-refractivity contribution in [2.75, 3.05) is 0 Å². The minimum atomic E-state index is 1.15. The topological polar surface area (TPSA) is 8.81 Å². The van der Waals surface area contributed by atoms with Gasteiger partial charge in [-0.2, -0.15) is 0 Å². The van der Waals surface area contributed by atoms with Crippen LogP contribution in [0.15, 0.2) is 12.4 Å². The monoisotopic (exact) mass is 321 g/mol. The van der Waals surface area contributed by atoms with E-state index in [0.29, 0.717) is 0 Å². The second-order valence-electron chi connectivity index (χ2n) is 6.99. The van der Waals surface area contributed by atoms with Crippen molar-refractivity contribution in [2.45, 2.75) is 117 Å². The number of hydrogen-bond donors (Lipinski definition) is 0. The Morgan fingerprint density at radius 3 is 1.91 bits per heavy atom. The highest BCUT2D eigenvalue weighted by Crippen LogP contribution is 2.08. The molecule has 1 rings (SSSR count). The number of nitrogens with zero attached hydrogens (tertiary/aromatic N) is 2. The van der Waals surface area contributed by atoms with Crippen LogP contribution in [0.4, 0.5) is 0 Å². The lowest BCUT2D eigenvalue weighted by molar-refractivity contribution is -0.704. The van der Waals surface area contributed by atoms with Crippen LogP contribution >= 0.6 is 0 Å². The van der Waals surface area contributed by atoms with Crippen LogP contribution in [0, 0.1) is 0 Å². The lowest BCUT2D eigenvalue weighted by Gasteiger charge is -2.04. The van der Waals surface area contributed by atoms with E-state index in [-0.39, 0.29) is 0 Å². The standard InChI is InChI=1S/C21H41N2/c1-4-7-9-11-13-15-17-22-19-20-23(21(22)6-3)18-16-14-12-10-8-5-2/h19-20H,4-18H2,1-3H3/q+1. The Morgan fingerprint density at radius 1 is 0.739 bits per heavy atom. The van der Waals surface area contributed by atoms with Crippen LogP contribution in [0.1, 0.15) is 104 Å². The number of aromatic nitrogens is 2. The highest BCUT2D eigenvalue weighted by atomic mass is 15.1. The van der Waals surface area contributed by atoms with Crippen LogP contribution in [-0.2, 0) is 19.5 Å². The molecule has 2 nitrogen and oxygen atoms in total. The zero-order valence-corrected chi connectivity index (χ0v) is 16.2. The van der Waals surface area contributed by atoms with Crippen LogP contribution in [-0.4, -0.2) is 4.57 Å². The van der Waals surface area contributed by atoms with Crippen molar-refractivity contribution in [3.8, 4) is 0 Å². The summed E-state index contributed by atoms with van der Waals surface area (Å²) >= 11 is 0. The quantitative estimate of drug-likeness (QED) is 0.274. The first-order valence-corrected chi connectivity index (χ1v) is 10.4. The highest BCUT2D eigenvalue weighted by molar-refractivity contribution is 4.83. The molecule has 0 aliphatic rings. The predicted octanol–water partition coefficient (Wildman–Crippen LogP) is 6.06. The van der Waals surface area contributed by atoms with E-state index in [2.05, 4.69) is 42.3 Å². The van der Waals surface area contributed by atoms with Crippen molar-refractivity contribution in [3.05, 3.63) is 18.2 Å². The van der Waals surface area contributed by atoms with Crippen LogP contribution in [0.2, 0.25) is 0 Å². The summed E-state index contributed by atoms with van der Waals surface area (Å²) in [4.78, 5) is 0. The van der Waals surface area contributed by atoms with Gasteiger partial charge < -0.3 is 0 Å². The molecule has 0 amide bonds.